The maximum absolute atomic E-state index is 12.3. The molecule has 0 aliphatic carbocycles. The molecule has 6 nitrogen and oxygen atoms in total. The first kappa shape index (κ1) is 23.0. The highest BCUT2D eigenvalue weighted by Crippen LogP contribution is 2.26. The summed E-state index contributed by atoms with van der Waals surface area (Å²) in [6.45, 7) is 5.10. The van der Waals surface area contributed by atoms with E-state index in [9.17, 15) is 14.7 Å². The van der Waals surface area contributed by atoms with Gasteiger partial charge in [0.1, 0.15) is 18.0 Å². The van der Waals surface area contributed by atoms with E-state index in [1.54, 1.807) is 63.2 Å². The third kappa shape index (κ3) is 6.10. The van der Waals surface area contributed by atoms with E-state index < -0.39 is 23.1 Å². The smallest absolute Gasteiger partial charge is 0.338 e. The zero-order chi connectivity index (χ0) is 21.8. The Bertz CT molecular complexity index is 873. The summed E-state index contributed by atoms with van der Waals surface area (Å²) in [6.07, 6.45) is -0.228. The molecule has 0 heterocycles. The number of hydrogen-bond donors (Lipinski definition) is 2. The van der Waals surface area contributed by atoms with E-state index in [-0.39, 0.29) is 13.0 Å². The second kappa shape index (κ2) is 9.03. The number of esters is 1. The fourth-order valence-electron chi connectivity index (χ4n) is 2.46. The Kier molecular flexibility index (Phi) is 7.16. The second-order valence-electron chi connectivity index (χ2n) is 7.59. The molecule has 8 heteroatoms. The highest BCUT2D eigenvalue weighted by atomic mass is 35.5. The van der Waals surface area contributed by atoms with E-state index in [1.165, 1.54) is 0 Å². The summed E-state index contributed by atoms with van der Waals surface area (Å²) in [5.41, 5.74) is 4.06. The van der Waals surface area contributed by atoms with Crippen molar-refractivity contribution < 1.29 is 24.2 Å². The summed E-state index contributed by atoms with van der Waals surface area (Å²) >= 11 is 12.2. The normalized spacial score (nSPS) is 13.4. The summed E-state index contributed by atoms with van der Waals surface area (Å²) in [5.74, 6) is -1.92. The number of carbonyl (C=O) groups excluding carboxylic acids is 1. The van der Waals surface area contributed by atoms with Crippen LogP contribution in [0.5, 0.6) is 5.75 Å². The molecule has 0 amide bonds. The lowest BCUT2D eigenvalue weighted by Gasteiger charge is -2.28. The number of carboxylic acids is 1. The van der Waals surface area contributed by atoms with Gasteiger partial charge in [0.2, 0.25) is 5.54 Å². The van der Waals surface area contributed by atoms with Crippen LogP contribution in [0.4, 0.5) is 0 Å². The van der Waals surface area contributed by atoms with Crippen LogP contribution in [0, 0.1) is 0 Å². The fourth-order valence-corrected chi connectivity index (χ4v) is 2.96. The molecule has 0 aliphatic heterocycles. The first-order valence-corrected chi connectivity index (χ1v) is 9.58. The summed E-state index contributed by atoms with van der Waals surface area (Å²) in [4.78, 5) is 24.0. The first-order chi connectivity index (χ1) is 13.4. The number of carbonyl (C=O) groups is 2. The van der Waals surface area contributed by atoms with Crippen LogP contribution < -0.4 is 10.5 Å². The third-order valence-electron chi connectivity index (χ3n) is 4.00. The Labute approximate surface area is 179 Å². The van der Waals surface area contributed by atoms with Crippen LogP contribution in [-0.2, 0) is 27.4 Å². The Morgan fingerprint density at radius 3 is 2.07 bits per heavy atom. The van der Waals surface area contributed by atoms with E-state index in [0.29, 0.717) is 26.9 Å². The first-order valence-electron chi connectivity index (χ1n) is 8.83. The fraction of sp³-hybridized carbons (Fsp3) is 0.333. The Hall–Kier alpha value is -2.28. The number of ether oxygens (including phenoxy) is 2. The molecular formula is C21H23Cl2NO5. The van der Waals surface area contributed by atoms with Crippen molar-refractivity contribution in [3.8, 4) is 5.75 Å². The molecule has 0 aromatic heterocycles. The molecule has 2 rings (SSSR count). The van der Waals surface area contributed by atoms with E-state index in [4.69, 9.17) is 38.4 Å². The minimum atomic E-state index is -2.19. The van der Waals surface area contributed by atoms with Crippen molar-refractivity contribution >= 4 is 35.1 Å². The Morgan fingerprint density at radius 1 is 1.03 bits per heavy atom. The molecule has 0 radical (unpaired) electrons. The van der Waals surface area contributed by atoms with Crippen molar-refractivity contribution in [2.24, 2.45) is 5.73 Å². The van der Waals surface area contributed by atoms with Gasteiger partial charge < -0.3 is 20.3 Å². The number of rotatable bonds is 7. The molecule has 0 unspecified atom stereocenters. The molecule has 1 atom stereocenters. The van der Waals surface area contributed by atoms with Gasteiger partial charge in [-0.05, 0) is 50.6 Å². The van der Waals surface area contributed by atoms with Gasteiger partial charge >= 0.3 is 11.9 Å². The summed E-state index contributed by atoms with van der Waals surface area (Å²) in [7, 11) is 0. The standard InChI is InChI=1S/C21H23Cl2NO5/c1-20(2,3)29-19(27)21(24,18(25)26)11-13-7-9-14(10-8-13)28-12-15-16(22)5-4-6-17(15)23/h4-10H,11-12,24H2,1-3H3,(H,25,26)/t21-/m1/s1. The van der Waals surface area contributed by atoms with Crippen LogP contribution in [0.1, 0.15) is 31.9 Å². The molecule has 156 valence electrons. The van der Waals surface area contributed by atoms with E-state index >= 15 is 0 Å². The van der Waals surface area contributed by atoms with Gasteiger partial charge in [-0.15, -0.1) is 0 Å². The molecule has 0 saturated heterocycles. The van der Waals surface area contributed by atoms with Crippen LogP contribution in [0.15, 0.2) is 42.5 Å². The Balaban J connectivity index is 2.10. The number of carboxylic acid groups (broad SMARTS) is 1. The zero-order valence-corrected chi connectivity index (χ0v) is 17.9. The lowest BCUT2D eigenvalue weighted by Crippen LogP contribution is -2.58. The van der Waals surface area contributed by atoms with Crippen molar-refractivity contribution in [2.75, 3.05) is 0 Å². The van der Waals surface area contributed by atoms with Gasteiger partial charge in [-0.25, -0.2) is 9.59 Å². The lowest BCUT2D eigenvalue weighted by atomic mass is 9.91. The average Bonchev–Trinajstić information content (AvgIpc) is 2.61. The van der Waals surface area contributed by atoms with Gasteiger partial charge in [-0.3, -0.25) is 0 Å². The lowest BCUT2D eigenvalue weighted by molar-refractivity contribution is -0.169. The molecule has 2 aromatic rings. The van der Waals surface area contributed by atoms with Crippen molar-refractivity contribution in [3.05, 3.63) is 63.6 Å². The molecule has 0 fully saturated rings. The minimum Gasteiger partial charge on any atom is -0.489 e. The number of hydrogen-bond acceptors (Lipinski definition) is 5. The predicted octanol–water partition coefficient (Wildman–Crippen LogP) is 4.24. The predicted molar refractivity (Wildman–Crippen MR) is 111 cm³/mol. The maximum Gasteiger partial charge on any atom is 0.338 e. The van der Waals surface area contributed by atoms with Crippen molar-refractivity contribution in [2.45, 2.75) is 44.9 Å². The highest BCUT2D eigenvalue weighted by Gasteiger charge is 2.45. The molecule has 0 aliphatic rings. The van der Waals surface area contributed by atoms with Crippen LogP contribution in [0.25, 0.3) is 0 Å². The van der Waals surface area contributed by atoms with Crippen molar-refractivity contribution in [1.29, 1.82) is 0 Å². The largest absolute Gasteiger partial charge is 0.489 e. The van der Waals surface area contributed by atoms with Crippen LogP contribution in [0.2, 0.25) is 10.0 Å². The molecule has 3 N–H and O–H groups in total. The molecule has 29 heavy (non-hydrogen) atoms. The zero-order valence-electron chi connectivity index (χ0n) is 16.4. The quantitative estimate of drug-likeness (QED) is 0.494. The average molecular weight is 440 g/mol. The minimum absolute atomic E-state index is 0.172. The summed E-state index contributed by atoms with van der Waals surface area (Å²) < 4.78 is 10.9. The molecule has 0 bridgehead atoms. The van der Waals surface area contributed by atoms with E-state index in [1.807, 2.05) is 0 Å². The molecule has 0 saturated carbocycles. The van der Waals surface area contributed by atoms with E-state index in [0.717, 1.165) is 0 Å². The summed E-state index contributed by atoms with van der Waals surface area (Å²) in [5, 5.41) is 10.5. The number of halogens is 2. The van der Waals surface area contributed by atoms with Crippen LogP contribution in [0.3, 0.4) is 0 Å². The number of benzene rings is 2. The molecule has 0 spiro atoms. The van der Waals surface area contributed by atoms with E-state index in [2.05, 4.69) is 0 Å². The van der Waals surface area contributed by atoms with Gasteiger partial charge in [0.25, 0.3) is 0 Å². The third-order valence-corrected chi connectivity index (χ3v) is 4.70. The summed E-state index contributed by atoms with van der Waals surface area (Å²) in [6, 6.07) is 11.8. The van der Waals surface area contributed by atoms with Gasteiger partial charge in [0, 0.05) is 22.0 Å². The molecular weight excluding hydrogens is 417 g/mol. The molecule has 2 aromatic carbocycles. The monoisotopic (exact) mass is 439 g/mol. The SMILES string of the molecule is CC(C)(C)OC(=O)[C@@](N)(Cc1ccc(OCc2c(Cl)cccc2Cl)cc1)C(=O)O. The van der Waals surface area contributed by atoms with Gasteiger partial charge in [0.05, 0.1) is 0 Å². The topological polar surface area (TPSA) is 98.9 Å². The second-order valence-corrected chi connectivity index (χ2v) is 8.40. The van der Waals surface area contributed by atoms with Gasteiger partial charge in [-0.1, -0.05) is 41.4 Å². The number of aliphatic carboxylic acids is 1. The van der Waals surface area contributed by atoms with Crippen molar-refractivity contribution in [1.82, 2.24) is 0 Å². The Morgan fingerprint density at radius 2 is 1.59 bits per heavy atom. The van der Waals surface area contributed by atoms with Crippen molar-refractivity contribution in [3.63, 3.8) is 0 Å². The van der Waals surface area contributed by atoms with Crippen LogP contribution in [-0.4, -0.2) is 28.2 Å². The maximum atomic E-state index is 12.3. The van der Waals surface area contributed by atoms with Crippen LogP contribution >= 0.6 is 23.2 Å². The van der Waals surface area contributed by atoms with Gasteiger partial charge in [0.15, 0.2) is 0 Å². The number of nitrogens with two attached hydrogens (primary N) is 1. The highest BCUT2D eigenvalue weighted by molar-refractivity contribution is 6.35. The van der Waals surface area contributed by atoms with Gasteiger partial charge in [-0.2, -0.15) is 0 Å².